The summed E-state index contributed by atoms with van der Waals surface area (Å²) < 4.78 is 5.16. The summed E-state index contributed by atoms with van der Waals surface area (Å²) in [7, 11) is 1.47. The van der Waals surface area contributed by atoms with E-state index >= 15 is 0 Å². The van der Waals surface area contributed by atoms with Gasteiger partial charge >= 0.3 is 0 Å². The molecule has 1 fully saturated rings. The van der Waals surface area contributed by atoms with Gasteiger partial charge in [-0.3, -0.25) is 14.5 Å². The van der Waals surface area contributed by atoms with Gasteiger partial charge < -0.3 is 14.9 Å². The van der Waals surface area contributed by atoms with Crippen LogP contribution in [-0.4, -0.2) is 29.0 Å². The third-order valence-electron chi connectivity index (χ3n) is 5.62. The molecule has 0 aliphatic carbocycles. The topological polar surface area (TPSA) is 87.1 Å². The van der Waals surface area contributed by atoms with Crippen molar-refractivity contribution < 1.29 is 24.5 Å². The second-order valence-electron chi connectivity index (χ2n) is 7.92. The Morgan fingerprint density at radius 3 is 2.39 bits per heavy atom. The Hall–Kier alpha value is -3.77. The quantitative estimate of drug-likeness (QED) is 0.311. The first-order valence-corrected chi connectivity index (χ1v) is 10.6. The molecule has 0 saturated carbocycles. The first-order valence-electron chi connectivity index (χ1n) is 10.2. The van der Waals surface area contributed by atoms with Crippen LogP contribution < -0.4 is 9.64 Å². The normalized spacial score (nSPS) is 17.5. The van der Waals surface area contributed by atoms with Crippen molar-refractivity contribution >= 4 is 34.7 Å². The maximum atomic E-state index is 13.2. The van der Waals surface area contributed by atoms with Gasteiger partial charge in [0.15, 0.2) is 0 Å². The van der Waals surface area contributed by atoms with E-state index in [0.717, 1.165) is 11.1 Å². The fourth-order valence-electron chi connectivity index (χ4n) is 4.03. The average Bonchev–Trinajstić information content (AvgIpc) is 3.05. The second-order valence-corrected chi connectivity index (χ2v) is 8.33. The van der Waals surface area contributed by atoms with Crippen LogP contribution in [0.5, 0.6) is 11.5 Å². The van der Waals surface area contributed by atoms with Crippen molar-refractivity contribution in [3.05, 3.63) is 93.5 Å². The van der Waals surface area contributed by atoms with Crippen molar-refractivity contribution in [1.82, 2.24) is 0 Å². The van der Waals surface area contributed by atoms with Gasteiger partial charge in [0.25, 0.3) is 11.7 Å². The van der Waals surface area contributed by atoms with Crippen LogP contribution in [0.15, 0.2) is 66.2 Å². The lowest BCUT2D eigenvalue weighted by atomic mass is 9.94. The van der Waals surface area contributed by atoms with Crippen LogP contribution in [0, 0.1) is 13.8 Å². The molecule has 168 valence electrons. The maximum Gasteiger partial charge on any atom is 0.300 e. The number of methoxy groups -OCH3 is 1. The fourth-order valence-corrected chi connectivity index (χ4v) is 4.29. The van der Waals surface area contributed by atoms with Crippen LogP contribution in [0.1, 0.15) is 28.3 Å². The van der Waals surface area contributed by atoms with Crippen LogP contribution in [0.2, 0.25) is 5.02 Å². The minimum Gasteiger partial charge on any atom is -0.507 e. The number of hydrogen-bond donors (Lipinski definition) is 2. The molecule has 33 heavy (non-hydrogen) atoms. The molecule has 1 aliphatic heterocycles. The van der Waals surface area contributed by atoms with E-state index in [1.807, 2.05) is 32.0 Å². The number of aliphatic hydroxyl groups excluding tert-OH is 1. The number of ketones is 1. The van der Waals surface area contributed by atoms with E-state index in [1.165, 1.54) is 24.1 Å². The predicted molar refractivity (Wildman–Crippen MR) is 127 cm³/mol. The van der Waals surface area contributed by atoms with Crippen molar-refractivity contribution in [3.8, 4) is 11.5 Å². The van der Waals surface area contributed by atoms with E-state index in [0.29, 0.717) is 11.3 Å². The van der Waals surface area contributed by atoms with Crippen LogP contribution in [-0.2, 0) is 9.59 Å². The number of Topliss-reactive ketones (excluding diaryl/α,β-unsaturated/α-hetero) is 1. The Kier molecular flexibility index (Phi) is 5.87. The van der Waals surface area contributed by atoms with Crippen molar-refractivity contribution in [1.29, 1.82) is 0 Å². The van der Waals surface area contributed by atoms with Gasteiger partial charge in [-0.15, -0.1) is 0 Å². The number of benzene rings is 3. The average molecular weight is 464 g/mol. The SMILES string of the molecule is COc1ccc(/C(O)=C2/C(=O)C(=O)N(c3cc(C)ccc3O)C2c2cccc(C)c2)cc1Cl. The number of ether oxygens (including phenoxy) is 1. The molecule has 0 radical (unpaired) electrons. The van der Waals surface area contributed by atoms with Gasteiger partial charge in [0.1, 0.15) is 17.3 Å². The summed E-state index contributed by atoms with van der Waals surface area (Å²) in [5.41, 5.74) is 2.71. The smallest absolute Gasteiger partial charge is 0.300 e. The minimum atomic E-state index is -0.946. The zero-order valence-electron chi connectivity index (χ0n) is 18.3. The Morgan fingerprint density at radius 1 is 1.00 bits per heavy atom. The Bertz CT molecular complexity index is 1310. The number of carbonyl (C=O) groups is 2. The molecule has 1 aliphatic rings. The molecule has 7 heteroatoms. The highest BCUT2D eigenvalue weighted by Crippen LogP contribution is 2.45. The minimum absolute atomic E-state index is 0.0901. The zero-order chi connectivity index (χ0) is 23.9. The monoisotopic (exact) mass is 463 g/mol. The third kappa shape index (κ3) is 3.94. The standard InChI is InChI=1S/C26H22ClNO5/c1-14-5-4-6-16(11-14)23-22(24(30)17-8-10-21(33-3)18(27)13-17)25(31)26(32)28(23)19-12-15(2)7-9-20(19)29/h4-13,23,29-30H,1-3H3/b24-22-. The largest absolute Gasteiger partial charge is 0.507 e. The summed E-state index contributed by atoms with van der Waals surface area (Å²) in [6.45, 7) is 3.71. The lowest BCUT2D eigenvalue weighted by molar-refractivity contribution is -0.132. The molecular formula is C26H22ClNO5. The van der Waals surface area contributed by atoms with E-state index < -0.39 is 17.7 Å². The van der Waals surface area contributed by atoms with Crippen molar-refractivity contribution in [2.24, 2.45) is 0 Å². The number of nitrogens with zero attached hydrogens (tertiary/aromatic N) is 1. The summed E-state index contributed by atoms with van der Waals surface area (Å²) in [4.78, 5) is 27.7. The molecule has 4 rings (SSSR count). The highest BCUT2D eigenvalue weighted by Gasteiger charge is 2.47. The van der Waals surface area contributed by atoms with Crippen molar-refractivity contribution in [2.75, 3.05) is 12.0 Å². The third-order valence-corrected chi connectivity index (χ3v) is 5.91. The molecule has 3 aromatic rings. The number of hydrogen-bond acceptors (Lipinski definition) is 5. The lowest BCUT2D eigenvalue weighted by Gasteiger charge is -2.26. The van der Waals surface area contributed by atoms with Gasteiger partial charge in [-0.25, -0.2) is 0 Å². The fraction of sp³-hybridized carbons (Fsp3) is 0.154. The summed E-state index contributed by atoms with van der Waals surface area (Å²) in [5, 5.41) is 22.0. The summed E-state index contributed by atoms with van der Waals surface area (Å²) >= 11 is 6.23. The Balaban J connectivity index is 1.98. The molecule has 3 aromatic carbocycles. The molecule has 0 aromatic heterocycles. The number of carbonyl (C=O) groups excluding carboxylic acids is 2. The number of halogens is 1. The van der Waals surface area contributed by atoms with E-state index in [2.05, 4.69) is 0 Å². The summed E-state index contributed by atoms with van der Waals surface area (Å²) in [6, 6.07) is 15.8. The molecule has 6 nitrogen and oxygen atoms in total. The highest BCUT2D eigenvalue weighted by molar-refractivity contribution is 6.52. The number of rotatable bonds is 4. The molecule has 1 atom stereocenters. The summed E-state index contributed by atoms with van der Waals surface area (Å²) in [6.07, 6.45) is 0. The van der Waals surface area contributed by atoms with Crippen molar-refractivity contribution in [2.45, 2.75) is 19.9 Å². The van der Waals surface area contributed by atoms with Crippen LogP contribution in [0.4, 0.5) is 5.69 Å². The summed E-state index contributed by atoms with van der Waals surface area (Å²) in [5.74, 6) is -1.80. The number of aryl methyl sites for hydroxylation is 2. The van der Waals surface area contributed by atoms with Gasteiger partial charge in [0.2, 0.25) is 0 Å². The molecule has 1 saturated heterocycles. The van der Waals surface area contributed by atoms with Crippen LogP contribution in [0.3, 0.4) is 0 Å². The second kappa shape index (κ2) is 8.64. The first kappa shape index (κ1) is 22.4. The number of aromatic hydroxyl groups is 1. The molecule has 0 spiro atoms. The molecule has 0 bridgehead atoms. The number of aliphatic hydroxyl groups is 1. The van der Waals surface area contributed by atoms with Gasteiger partial charge in [0, 0.05) is 5.56 Å². The van der Waals surface area contributed by atoms with E-state index in [4.69, 9.17) is 16.3 Å². The van der Waals surface area contributed by atoms with Gasteiger partial charge in [-0.05, 0) is 55.3 Å². The lowest BCUT2D eigenvalue weighted by Crippen LogP contribution is -2.29. The molecular weight excluding hydrogens is 442 g/mol. The van der Waals surface area contributed by atoms with Gasteiger partial charge in [-0.2, -0.15) is 0 Å². The number of anilines is 1. The van der Waals surface area contributed by atoms with Gasteiger partial charge in [0.05, 0.1) is 29.4 Å². The molecule has 2 N–H and O–H groups in total. The zero-order valence-corrected chi connectivity index (χ0v) is 19.1. The van der Waals surface area contributed by atoms with Gasteiger partial charge in [-0.1, -0.05) is 47.5 Å². The Labute approximate surface area is 196 Å². The number of phenols is 1. The number of amides is 1. The molecule has 1 amide bonds. The molecule has 1 heterocycles. The van der Waals surface area contributed by atoms with E-state index in [9.17, 15) is 19.8 Å². The number of phenolic OH excluding ortho intramolecular Hbond substituents is 1. The first-order chi connectivity index (χ1) is 15.7. The predicted octanol–water partition coefficient (Wildman–Crippen LogP) is 5.30. The van der Waals surface area contributed by atoms with Crippen LogP contribution >= 0.6 is 11.6 Å². The van der Waals surface area contributed by atoms with Crippen molar-refractivity contribution in [3.63, 3.8) is 0 Å². The van der Waals surface area contributed by atoms with Crippen LogP contribution in [0.25, 0.3) is 5.76 Å². The van der Waals surface area contributed by atoms with E-state index in [1.54, 1.807) is 30.3 Å². The Morgan fingerprint density at radius 2 is 1.73 bits per heavy atom. The van der Waals surface area contributed by atoms with E-state index in [-0.39, 0.29) is 33.4 Å². The maximum absolute atomic E-state index is 13.2. The highest BCUT2D eigenvalue weighted by atomic mass is 35.5. The molecule has 1 unspecified atom stereocenters.